The highest BCUT2D eigenvalue weighted by Gasteiger charge is 2.15. The first kappa shape index (κ1) is 23.0. The third-order valence-electron chi connectivity index (χ3n) is 5.82. The number of rotatable bonds is 6. The van der Waals surface area contributed by atoms with Gasteiger partial charge in [-0.2, -0.15) is 9.78 Å². The number of nitrogens with zero attached hydrogens (tertiary/aromatic N) is 3. The molecule has 1 aromatic heterocycles. The van der Waals surface area contributed by atoms with Gasteiger partial charge in [-0.15, -0.1) is 0 Å². The minimum absolute atomic E-state index is 0.00853. The molecule has 0 N–H and O–H groups in total. The second-order valence-corrected chi connectivity index (χ2v) is 9.54. The predicted octanol–water partition coefficient (Wildman–Crippen LogP) is 6.90. The number of hydrogen-bond acceptors (Lipinski definition) is 4. The van der Waals surface area contributed by atoms with Crippen LogP contribution in [0.15, 0.2) is 99.3 Å². The molecule has 5 nitrogen and oxygen atoms in total. The zero-order valence-electron chi connectivity index (χ0n) is 19.5. The predicted molar refractivity (Wildman–Crippen MR) is 146 cm³/mol. The van der Waals surface area contributed by atoms with Crippen molar-refractivity contribution in [1.29, 1.82) is 0 Å². The molecule has 174 valence electrons. The van der Waals surface area contributed by atoms with Gasteiger partial charge in [-0.25, -0.2) is 4.98 Å². The normalized spacial score (nSPS) is 11.7. The fourth-order valence-electron chi connectivity index (χ4n) is 4.04. The molecule has 0 aliphatic rings. The van der Waals surface area contributed by atoms with Crippen LogP contribution >= 0.6 is 15.9 Å². The smallest absolute Gasteiger partial charge is 0.282 e. The van der Waals surface area contributed by atoms with E-state index in [2.05, 4.69) is 27.1 Å². The van der Waals surface area contributed by atoms with Gasteiger partial charge in [0.15, 0.2) is 0 Å². The molecule has 6 heteroatoms. The Morgan fingerprint density at radius 1 is 0.971 bits per heavy atom. The Morgan fingerprint density at radius 3 is 2.54 bits per heavy atom. The lowest BCUT2D eigenvalue weighted by atomic mass is 10.0. The van der Waals surface area contributed by atoms with Crippen molar-refractivity contribution in [2.75, 3.05) is 0 Å². The summed E-state index contributed by atoms with van der Waals surface area (Å²) < 4.78 is 8.44. The lowest BCUT2D eigenvalue weighted by Gasteiger charge is -2.14. The van der Waals surface area contributed by atoms with E-state index >= 15 is 0 Å². The molecule has 0 amide bonds. The molecule has 5 rings (SSSR count). The number of halogens is 1. The SMILES string of the molecule is CC(C)c1nc2ccc(Br)cc2c(=O)n1N=Cc1c(OCc2ccccc2)ccc2ccccc12. The van der Waals surface area contributed by atoms with Gasteiger partial charge in [0, 0.05) is 16.0 Å². The standard InChI is InChI=1S/C29H24BrN3O2/c1-19(2)28-32-26-14-13-22(30)16-24(26)29(34)33(28)31-17-25-23-11-7-6-10-21(23)12-15-27(25)35-18-20-8-4-3-5-9-20/h3-17,19H,18H2,1-2H3. The van der Waals surface area contributed by atoms with Gasteiger partial charge in [-0.05, 0) is 40.6 Å². The van der Waals surface area contributed by atoms with Crippen molar-refractivity contribution in [2.45, 2.75) is 26.4 Å². The molecule has 0 spiro atoms. The molecular weight excluding hydrogens is 502 g/mol. The average Bonchev–Trinajstić information content (AvgIpc) is 2.88. The highest BCUT2D eigenvalue weighted by Crippen LogP contribution is 2.28. The van der Waals surface area contributed by atoms with E-state index in [1.165, 1.54) is 4.68 Å². The summed E-state index contributed by atoms with van der Waals surface area (Å²) in [5.74, 6) is 1.31. The molecule has 0 fully saturated rings. The highest BCUT2D eigenvalue weighted by molar-refractivity contribution is 9.10. The summed E-state index contributed by atoms with van der Waals surface area (Å²) in [6.07, 6.45) is 1.71. The largest absolute Gasteiger partial charge is 0.488 e. The van der Waals surface area contributed by atoms with Crippen molar-refractivity contribution in [2.24, 2.45) is 5.10 Å². The van der Waals surface area contributed by atoms with Crippen LogP contribution in [0.2, 0.25) is 0 Å². The zero-order valence-corrected chi connectivity index (χ0v) is 21.1. The zero-order chi connectivity index (χ0) is 24.4. The van der Waals surface area contributed by atoms with Gasteiger partial charge in [0.25, 0.3) is 5.56 Å². The lowest BCUT2D eigenvalue weighted by molar-refractivity contribution is 0.306. The molecule has 1 heterocycles. The summed E-state index contributed by atoms with van der Waals surface area (Å²) in [5, 5.41) is 7.24. The van der Waals surface area contributed by atoms with Crippen molar-refractivity contribution in [3.05, 3.63) is 117 Å². The molecule has 0 unspecified atom stereocenters. The first-order valence-corrected chi connectivity index (χ1v) is 12.3. The van der Waals surface area contributed by atoms with Crippen LogP contribution in [0.25, 0.3) is 21.7 Å². The van der Waals surface area contributed by atoms with E-state index in [0.29, 0.717) is 29.1 Å². The van der Waals surface area contributed by atoms with Gasteiger partial charge in [-0.1, -0.05) is 90.4 Å². The molecule has 0 bridgehead atoms. The van der Waals surface area contributed by atoms with Crippen LogP contribution in [-0.4, -0.2) is 15.9 Å². The Kier molecular flexibility index (Phi) is 6.47. The maximum Gasteiger partial charge on any atom is 0.282 e. The minimum atomic E-state index is -0.205. The van der Waals surface area contributed by atoms with Crippen LogP contribution in [0.3, 0.4) is 0 Å². The van der Waals surface area contributed by atoms with E-state index in [0.717, 1.165) is 26.4 Å². The third kappa shape index (κ3) is 4.75. The molecule has 35 heavy (non-hydrogen) atoms. The molecule has 0 atom stereocenters. The van der Waals surface area contributed by atoms with Gasteiger partial charge in [0.1, 0.15) is 18.2 Å². The lowest BCUT2D eigenvalue weighted by Crippen LogP contribution is -2.23. The molecular formula is C29H24BrN3O2. The highest BCUT2D eigenvalue weighted by atomic mass is 79.9. The minimum Gasteiger partial charge on any atom is -0.488 e. The Labute approximate surface area is 211 Å². The number of hydrogen-bond donors (Lipinski definition) is 0. The fourth-order valence-corrected chi connectivity index (χ4v) is 4.40. The molecule has 0 radical (unpaired) electrons. The molecule has 5 aromatic rings. The molecule has 0 aliphatic carbocycles. The van der Waals surface area contributed by atoms with E-state index in [-0.39, 0.29) is 11.5 Å². The second kappa shape index (κ2) is 9.84. The Hall–Kier alpha value is -3.77. The summed E-state index contributed by atoms with van der Waals surface area (Å²) in [5.41, 5.74) is 2.34. The van der Waals surface area contributed by atoms with Crippen LogP contribution in [0, 0.1) is 0 Å². The van der Waals surface area contributed by atoms with E-state index in [1.54, 1.807) is 12.3 Å². The molecule has 0 aliphatic heterocycles. The monoisotopic (exact) mass is 525 g/mol. The number of benzene rings is 4. The number of aromatic nitrogens is 2. The number of ether oxygens (including phenoxy) is 1. The van der Waals surface area contributed by atoms with E-state index in [9.17, 15) is 4.79 Å². The summed E-state index contributed by atoms with van der Waals surface area (Å²) in [6.45, 7) is 4.44. The van der Waals surface area contributed by atoms with Crippen LogP contribution in [-0.2, 0) is 6.61 Å². The van der Waals surface area contributed by atoms with Crippen LogP contribution in [0.5, 0.6) is 5.75 Å². The fraction of sp³-hybridized carbons (Fsp3) is 0.138. The summed E-state index contributed by atoms with van der Waals surface area (Å²) in [6, 6.07) is 27.6. The van der Waals surface area contributed by atoms with Crippen molar-refractivity contribution in [3.8, 4) is 5.75 Å². The Morgan fingerprint density at radius 2 is 1.74 bits per heavy atom. The van der Waals surface area contributed by atoms with Gasteiger partial charge < -0.3 is 4.74 Å². The quantitative estimate of drug-likeness (QED) is 0.226. The van der Waals surface area contributed by atoms with Crippen LogP contribution < -0.4 is 10.3 Å². The summed E-state index contributed by atoms with van der Waals surface area (Å²) >= 11 is 3.46. The van der Waals surface area contributed by atoms with E-state index in [4.69, 9.17) is 9.72 Å². The second-order valence-electron chi connectivity index (χ2n) is 8.62. The first-order chi connectivity index (χ1) is 17.0. The topological polar surface area (TPSA) is 56.5 Å². The van der Waals surface area contributed by atoms with Gasteiger partial charge in [-0.3, -0.25) is 4.79 Å². The van der Waals surface area contributed by atoms with Crippen LogP contribution in [0.1, 0.15) is 36.7 Å². The van der Waals surface area contributed by atoms with E-state index < -0.39 is 0 Å². The first-order valence-electron chi connectivity index (χ1n) is 11.5. The van der Waals surface area contributed by atoms with Crippen LogP contribution in [0.4, 0.5) is 0 Å². The Balaban J connectivity index is 1.64. The summed E-state index contributed by atoms with van der Waals surface area (Å²) in [4.78, 5) is 18.2. The van der Waals surface area contributed by atoms with Gasteiger partial charge >= 0.3 is 0 Å². The van der Waals surface area contributed by atoms with Crippen molar-refractivity contribution >= 4 is 43.8 Å². The number of fused-ring (bicyclic) bond motifs is 2. The van der Waals surface area contributed by atoms with Crippen molar-refractivity contribution in [1.82, 2.24) is 9.66 Å². The van der Waals surface area contributed by atoms with Crippen molar-refractivity contribution in [3.63, 3.8) is 0 Å². The third-order valence-corrected chi connectivity index (χ3v) is 6.31. The maximum atomic E-state index is 13.4. The van der Waals surface area contributed by atoms with E-state index in [1.807, 2.05) is 86.6 Å². The van der Waals surface area contributed by atoms with Crippen molar-refractivity contribution < 1.29 is 4.74 Å². The molecule has 0 saturated heterocycles. The molecule has 0 saturated carbocycles. The van der Waals surface area contributed by atoms with Gasteiger partial charge in [0.2, 0.25) is 0 Å². The maximum absolute atomic E-state index is 13.4. The summed E-state index contributed by atoms with van der Waals surface area (Å²) in [7, 11) is 0. The Bertz CT molecular complexity index is 1610. The molecule has 4 aromatic carbocycles. The van der Waals surface area contributed by atoms with Gasteiger partial charge in [0.05, 0.1) is 17.1 Å². The average molecular weight is 526 g/mol.